The van der Waals surface area contributed by atoms with E-state index >= 15 is 0 Å². The van der Waals surface area contributed by atoms with Crippen LogP contribution in [0.25, 0.3) is 5.82 Å². The van der Waals surface area contributed by atoms with Gasteiger partial charge in [-0.15, -0.1) is 0 Å². The van der Waals surface area contributed by atoms with Gasteiger partial charge in [-0.2, -0.15) is 5.10 Å². The Bertz CT molecular complexity index is 524. The summed E-state index contributed by atoms with van der Waals surface area (Å²) in [5, 5.41) is 7.71. The Kier molecular flexibility index (Phi) is 3.43. The van der Waals surface area contributed by atoms with Crippen LogP contribution in [0.15, 0.2) is 24.7 Å². The highest BCUT2D eigenvalue weighted by Crippen LogP contribution is 2.06. The molecule has 0 aliphatic heterocycles. The Hall–Kier alpha value is -1.75. The normalized spacial score (nSPS) is 11.8. The van der Waals surface area contributed by atoms with Gasteiger partial charge >= 0.3 is 0 Å². The summed E-state index contributed by atoms with van der Waals surface area (Å²) in [4.78, 5) is 8.74. The monoisotopic (exact) mass is 245 g/mol. The number of hydrogen-bond donors (Lipinski definition) is 1. The first-order valence-corrected chi connectivity index (χ1v) is 6.03. The summed E-state index contributed by atoms with van der Waals surface area (Å²) in [5.41, 5.74) is 1.95. The van der Waals surface area contributed by atoms with E-state index < -0.39 is 0 Å². The number of nitrogens with one attached hydrogen (secondary N) is 1. The first kappa shape index (κ1) is 12.7. The molecule has 0 aromatic carbocycles. The lowest BCUT2D eigenvalue weighted by atomic mass is 10.1. The van der Waals surface area contributed by atoms with Crippen molar-refractivity contribution in [3.63, 3.8) is 0 Å². The Balaban J connectivity index is 2.15. The standard InChI is InChI=1S/C13H19N5/c1-10-5-6-18(17-10)12-9-14-7-11(16-12)8-15-13(2,3)4/h5-7,9,15H,8H2,1-4H3. The summed E-state index contributed by atoms with van der Waals surface area (Å²) in [6, 6.07) is 1.95. The Labute approximate surface area is 107 Å². The summed E-state index contributed by atoms with van der Waals surface area (Å²) in [6.07, 6.45) is 5.38. The average molecular weight is 245 g/mol. The van der Waals surface area contributed by atoms with Gasteiger partial charge in [0.25, 0.3) is 0 Å². The van der Waals surface area contributed by atoms with Gasteiger partial charge in [-0.25, -0.2) is 9.67 Å². The molecule has 1 N–H and O–H groups in total. The molecule has 2 aromatic heterocycles. The molecule has 0 aliphatic rings. The number of hydrogen-bond acceptors (Lipinski definition) is 4. The van der Waals surface area contributed by atoms with Crippen LogP contribution in [0.2, 0.25) is 0 Å². The van der Waals surface area contributed by atoms with E-state index in [1.165, 1.54) is 0 Å². The first-order chi connectivity index (χ1) is 8.44. The molecule has 0 radical (unpaired) electrons. The molecule has 0 fully saturated rings. The number of rotatable bonds is 3. The van der Waals surface area contributed by atoms with Crippen LogP contribution in [0.3, 0.4) is 0 Å². The third-order valence-corrected chi connectivity index (χ3v) is 2.43. The van der Waals surface area contributed by atoms with Gasteiger partial charge in [0, 0.05) is 24.5 Å². The van der Waals surface area contributed by atoms with E-state index in [9.17, 15) is 0 Å². The maximum absolute atomic E-state index is 4.53. The predicted molar refractivity (Wildman–Crippen MR) is 70.5 cm³/mol. The molecule has 96 valence electrons. The molecule has 0 saturated carbocycles. The second-order valence-corrected chi connectivity index (χ2v) is 5.37. The van der Waals surface area contributed by atoms with Gasteiger partial charge in [0.05, 0.1) is 17.6 Å². The molecule has 5 nitrogen and oxygen atoms in total. The molecule has 18 heavy (non-hydrogen) atoms. The minimum atomic E-state index is 0.0694. The van der Waals surface area contributed by atoms with E-state index in [4.69, 9.17) is 0 Å². The quantitative estimate of drug-likeness (QED) is 0.896. The lowest BCUT2D eigenvalue weighted by Crippen LogP contribution is -2.35. The van der Waals surface area contributed by atoms with Crippen molar-refractivity contribution in [3.05, 3.63) is 36.0 Å². The van der Waals surface area contributed by atoms with Gasteiger partial charge in [0.1, 0.15) is 0 Å². The van der Waals surface area contributed by atoms with Crippen molar-refractivity contribution < 1.29 is 0 Å². The van der Waals surface area contributed by atoms with Crippen LogP contribution in [0, 0.1) is 6.92 Å². The van der Waals surface area contributed by atoms with Crippen molar-refractivity contribution in [2.75, 3.05) is 0 Å². The second-order valence-electron chi connectivity index (χ2n) is 5.37. The zero-order valence-corrected chi connectivity index (χ0v) is 11.3. The third-order valence-electron chi connectivity index (χ3n) is 2.43. The SMILES string of the molecule is Cc1ccn(-c2cncc(CNC(C)(C)C)n2)n1. The summed E-state index contributed by atoms with van der Waals surface area (Å²) in [6.45, 7) is 9.03. The summed E-state index contributed by atoms with van der Waals surface area (Å²) < 4.78 is 1.74. The van der Waals surface area contributed by atoms with E-state index in [-0.39, 0.29) is 5.54 Å². The lowest BCUT2D eigenvalue weighted by molar-refractivity contribution is 0.420. The van der Waals surface area contributed by atoms with Gasteiger partial charge in [-0.05, 0) is 33.8 Å². The van der Waals surface area contributed by atoms with Crippen LogP contribution in [-0.4, -0.2) is 25.3 Å². The Morgan fingerprint density at radius 2 is 2.06 bits per heavy atom. The van der Waals surface area contributed by atoms with E-state index in [0.717, 1.165) is 17.2 Å². The Morgan fingerprint density at radius 1 is 1.28 bits per heavy atom. The molecule has 2 aromatic rings. The van der Waals surface area contributed by atoms with Crippen molar-refractivity contribution in [1.29, 1.82) is 0 Å². The molecule has 0 unspecified atom stereocenters. The molecule has 0 atom stereocenters. The largest absolute Gasteiger partial charge is 0.306 e. The fraction of sp³-hybridized carbons (Fsp3) is 0.462. The van der Waals surface area contributed by atoms with Crippen LogP contribution < -0.4 is 5.32 Å². The second kappa shape index (κ2) is 4.86. The number of aryl methyl sites for hydroxylation is 1. The first-order valence-electron chi connectivity index (χ1n) is 6.03. The molecular formula is C13H19N5. The van der Waals surface area contributed by atoms with Crippen LogP contribution in [-0.2, 0) is 6.54 Å². The fourth-order valence-electron chi connectivity index (χ4n) is 1.49. The van der Waals surface area contributed by atoms with Gasteiger partial charge in [0.15, 0.2) is 5.82 Å². The molecular weight excluding hydrogens is 226 g/mol. The number of nitrogens with zero attached hydrogens (tertiary/aromatic N) is 4. The molecule has 5 heteroatoms. The molecule has 0 saturated heterocycles. The van der Waals surface area contributed by atoms with Gasteiger partial charge in [0.2, 0.25) is 0 Å². The molecule has 0 bridgehead atoms. The van der Waals surface area contributed by atoms with E-state index in [2.05, 4.69) is 41.2 Å². The molecule has 0 aliphatic carbocycles. The lowest BCUT2D eigenvalue weighted by Gasteiger charge is -2.20. The van der Waals surface area contributed by atoms with Crippen LogP contribution in [0.5, 0.6) is 0 Å². The van der Waals surface area contributed by atoms with Crippen molar-refractivity contribution in [1.82, 2.24) is 25.1 Å². The summed E-state index contributed by atoms with van der Waals surface area (Å²) >= 11 is 0. The van der Waals surface area contributed by atoms with Gasteiger partial charge in [-0.3, -0.25) is 4.98 Å². The van der Waals surface area contributed by atoms with Gasteiger partial charge in [-0.1, -0.05) is 0 Å². The molecule has 0 amide bonds. The van der Waals surface area contributed by atoms with E-state index in [1.807, 2.05) is 19.2 Å². The highest BCUT2D eigenvalue weighted by Gasteiger charge is 2.09. The maximum atomic E-state index is 4.53. The minimum Gasteiger partial charge on any atom is -0.306 e. The topological polar surface area (TPSA) is 55.6 Å². The number of aromatic nitrogens is 4. The maximum Gasteiger partial charge on any atom is 0.172 e. The molecule has 2 heterocycles. The van der Waals surface area contributed by atoms with E-state index in [0.29, 0.717) is 6.54 Å². The minimum absolute atomic E-state index is 0.0694. The zero-order valence-electron chi connectivity index (χ0n) is 11.3. The average Bonchev–Trinajstić information content (AvgIpc) is 2.73. The van der Waals surface area contributed by atoms with Crippen LogP contribution in [0.1, 0.15) is 32.2 Å². The van der Waals surface area contributed by atoms with E-state index in [1.54, 1.807) is 17.1 Å². The predicted octanol–water partition coefficient (Wildman–Crippen LogP) is 1.86. The molecule has 0 spiro atoms. The third kappa shape index (κ3) is 3.37. The Morgan fingerprint density at radius 3 is 2.67 bits per heavy atom. The highest BCUT2D eigenvalue weighted by molar-refractivity contribution is 5.19. The molecule has 2 rings (SSSR count). The zero-order chi connectivity index (χ0) is 13.2. The summed E-state index contributed by atoms with van der Waals surface area (Å²) in [7, 11) is 0. The van der Waals surface area contributed by atoms with Crippen molar-refractivity contribution in [3.8, 4) is 5.82 Å². The fourth-order valence-corrected chi connectivity index (χ4v) is 1.49. The smallest absolute Gasteiger partial charge is 0.172 e. The van der Waals surface area contributed by atoms with Crippen molar-refractivity contribution >= 4 is 0 Å². The van der Waals surface area contributed by atoms with Gasteiger partial charge < -0.3 is 5.32 Å². The highest BCUT2D eigenvalue weighted by atomic mass is 15.3. The van der Waals surface area contributed by atoms with Crippen LogP contribution >= 0.6 is 0 Å². The van der Waals surface area contributed by atoms with Crippen molar-refractivity contribution in [2.45, 2.75) is 39.8 Å². The van der Waals surface area contributed by atoms with Crippen molar-refractivity contribution in [2.24, 2.45) is 0 Å². The summed E-state index contributed by atoms with van der Waals surface area (Å²) in [5.74, 6) is 0.747. The van der Waals surface area contributed by atoms with Crippen LogP contribution in [0.4, 0.5) is 0 Å².